The first kappa shape index (κ1) is 11.8. The van der Waals surface area contributed by atoms with E-state index in [0.29, 0.717) is 0 Å². The molecular weight excluding hydrogens is 222 g/mol. The minimum Gasteiger partial charge on any atom is -0.392 e. The second-order valence-electron chi connectivity index (χ2n) is 4.28. The predicted octanol–water partition coefficient (Wildman–Crippen LogP) is 0.991. The Morgan fingerprint density at radius 3 is 2.62 bits per heavy atom. The van der Waals surface area contributed by atoms with Crippen molar-refractivity contribution in [2.75, 3.05) is 19.3 Å². The minimum absolute atomic E-state index is 0.164. The molecule has 88 valence electrons. The maximum absolute atomic E-state index is 11.2. The molecule has 1 aliphatic rings. The molecule has 1 unspecified atom stereocenters. The highest BCUT2D eigenvalue weighted by Gasteiger charge is 2.19. The Balaban J connectivity index is 1.97. The van der Waals surface area contributed by atoms with Crippen LogP contribution in [0.2, 0.25) is 0 Å². The zero-order chi connectivity index (χ0) is 11.5. The van der Waals surface area contributed by atoms with E-state index in [2.05, 4.69) is 4.90 Å². The zero-order valence-corrected chi connectivity index (χ0v) is 10.2. The number of aliphatic hydroxyl groups is 1. The van der Waals surface area contributed by atoms with E-state index in [0.717, 1.165) is 31.0 Å². The maximum atomic E-state index is 11.2. The lowest BCUT2D eigenvalue weighted by Gasteiger charge is -2.14. The number of hydrogen-bond acceptors (Lipinski definition) is 3. The van der Waals surface area contributed by atoms with Crippen LogP contribution < -0.4 is 0 Å². The van der Waals surface area contributed by atoms with E-state index in [1.165, 1.54) is 5.56 Å². The van der Waals surface area contributed by atoms with Crippen LogP contribution in [0.5, 0.6) is 0 Å². The summed E-state index contributed by atoms with van der Waals surface area (Å²) in [5, 5.41) is 9.41. The van der Waals surface area contributed by atoms with Gasteiger partial charge in [-0.15, -0.1) is 0 Å². The van der Waals surface area contributed by atoms with Gasteiger partial charge in [-0.1, -0.05) is 12.1 Å². The summed E-state index contributed by atoms with van der Waals surface area (Å²) in [5.41, 5.74) is 1.21. The van der Waals surface area contributed by atoms with Crippen LogP contribution >= 0.6 is 0 Å². The Kier molecular flexibility index (Phi) is 3.74. The van der Waals surface area contributed by atoms with Gasteiger partial charge in [0.2, 0.25) is 0 Å². The average molecular weight is 239 g/mol. The van der Waals surface area contributed by atoms with Crippen molar-refractivity contribution < 1.29 is 9.32 Å². The summed E-state index contributed by atoms with van der Waals surface area (Å²) >= 11 is 0. The minimum atomic E-state index is -0.900. The number of benzene rings is 1. The highest BCUT2D eigenvalue weighted by atomic mass is 32.2. The maximum Gasteiger partial charge on any atom is 0.0679 e. The van der Waals surface area contributed by atoms with Gasteiger partial charge in [-0.3, -0.25) is 9.11 Å². The fraction of sp³-hybridized carbons (Fsp3) is 0.500. The molecule has 0 bridgehead atoms. The van der Waals surface area contributed by atoms with Crippen LogP contribution in [0.4, 0.5) is 0 Å². The third-order valence-electron chi connectivity index (χ3n) is 2.91. The van der Waals surface area contributed by atoms with Crippen LogP contribution in [0.15, 0.2) is 29.2 Å². The van der Waals surface area contributed by atoms with Crippen molar-refractivity contribution in [3.8, 4) is 0 Å². The standard InChI is InChI=1S/C12H17NO2S/c1-16(15)12-4-2-10(3-5-12)8-13-7-6-11(14)9-13/h2-5,11,14H,6-9H2,1H3/t11-,16?/m0/s1. The molecular formula is C12H17NO2S. The molecule has 0 radical (unpaired) electrons. The first-order valence-electron chi connectivity index (χ1n) is 5.48. The molecule has 4 heteroatoms. The summed E-state index contributed by atoms with van der Waals surface area (Å²) in [6.07, 6.45) is 2.39. The van der Waals surface area contributed by atoms with Crippen molar-refractivity contribution in [2.45, 2.75) is 24.0 Å². The van der Waals surface area contributed by atoms with Crippen molar-refractivity contribution >= 4 is 10.8 Å². The number of aliphatic hydroxyl groups excluding tert-OH is 1. The molecule has 1 saturated heterocycles. The van der Waals surface area contributed by atoms with E-state index < -0.39 is 10.8 Å². The van der Waals surface area contributed by atoms with E-state index in [1.54, 1.807) is 6.26 Å². The van der Waals surface area contributed by atoms with Crippen LogP contribution in [0.25, 0.3) is 0 Å². The van der Waals surface area contributed by atoms with E-state index >= 15 is 0 Å². The Labute approximate surface area is 98.5 Å². The molecule has 2 atom stereocenters. The largest absolute Gasteiger partial charge is 0.392 e. The van der Waals surface area contributed by atoms with Gasteiger partial charge in [-0.25, -0.2) is 0 Å². The molecule has 1 aromatic rings. The number of likely N-dealkylation sites (tertiary alicyclic amines) is 1. The molecule has 2 rings (SSSR count). The molecule has 1 heterocycles. The van der Waals surface area contributed by atoms with E-state index in [1.807, 2.05) is 24.3 Å². The Morgan fingerprint density at radius 1 is 1.44 bits per heavy atom. The fourth-order valence-electron chi connectivity index (χ4n) is 2.00. The molecule has 0 saturated carbocycles. The van der Waals surface area contributed by atoms with Crippen molar-refractivity contribution in [3.05, 3.63) is 29.8 Å². The highest BCUT2D eigenvalue weighted by Crippen LogP contribution is 2.14. The second kappa shape index (κ2) is 5.08. The number of nitrogens with zero attached hydrogens (tertiary/aromatic N) is 1. The zero-order valence-electron chi connectivity index (χ0n) is 9.43. The molecule has 1 N–H and O–H groups in total. The summed E-state index contributed by atoms with van der Waals surface area (Å²) in [6.45, 7) is 2.60. The van der Waals surface area contributed by atoms with Gasteiger partial charge < -0.3 is 5.11 Å². The molecule has 0 aromatic heterocycles. The molecule has 0 aliphatic carbocycles. The average Bonchev–Trinajstić information content (AvgIpc) is 2.65. The molecule has 16 heavy (non-hydrogen) atoms. The summed E-state index contributed by atoms with van der Waals surface area (Å²) in [5.74, 6) is 0. The second-order valence-corrected chi connectivity index (χ2v) is 5.66. The van der Waals surface area contributed by atoms with Crippen molar-refractivity contribution in [2.24, 2.45) is 0 Å². The predicted molar refractivity (Wildman–Crippen MR) is 64.7 cm³/mol. The normalized spacial score (nSPS) is 23.5. The van der Waals surface area contributed by atoms with E-state index in [9.17, 15) is 9.32 Å². The van der Waals surface area contributed by atoms with Crippen LogP contribution in [-0.2, 0) is 17.3 Å². The third-order valence-corrected chi connectivity index (χ3v) is 3.84. The molecule has 1 fully saturated rings. The summed E-state index contributed by atoms with van der Waals surface area (Å²) in [7, 11) is -0.900. The monoisotopic (exact) mass is 239 g/mol. The molecule has 0 amide bonds. The summed E-state index contributed by atoms with van der Waals surface area (Å²) in [4.78, 5) is 3.10. The molecule has 1 aliphatic heterocycles. The molecule has 0 spiro atoms. The lowest BCUT2D eigenvalue weighted by molar-refractivity contribution is 0.175. The summed E-state index contributed by atoms with van der Waals surface area (Å²) in [6, 6.07) is 7.86. The lowest BCUT2D eigenvalue weighted by atomic mass is 10.2. The Bertz CT molecular complexity index is 377. The Hall–Kier alpha value is -0.710. The van der Waals surface area contributed by atoms with Crippen molar-refractivity contribution in [1.29, 1.82) is 0 Å². The number of rotatable bonds is 3. The van der Waals surface area contributed by atoms with Crippen LogP contribution in [-0.4, -0.2) is 39.7 Å². The SMILES string of the molecule is CS(=O)c1ccc(CN2CC[C@H](O)C2)cc1. The third kappa shape index (κ3) is 2.90. The van der Waals surface area contributed by atoms with Gasteiger partial charge in [0.05, 0.1) is 6.10 Å². The highest BCUT2D eigenvalue weighted by molar-refractivity contribution is 7.84. The first-order valence-corrected chi connectivity index (χ1v) is 7.04. The van der Waals surface area contributed by atoms with Crippen LogP contribution in [0.3, 0.4) is 0 Å². The van der Waals surface area contributed by atoms with E-state index in [-0.39, 0.29) is 6.10 Å². The quantitative estimate of drug-likeness (QED) is 0.855. The van der Waals surface area contributed by atoms with Gasteiger partial charge in [-0.05, 0) is 24.1 Å². The van der Waals surface area contributed by atoms with Gasteiger partial charge in [0.25, 0.3) is 0 Å². The van der Waals surface area contributed by atoms with Gasteiger partial charge in [0.1, 0.15) is 0 Å². The summed E-state index contributed by atoms with van der Waals surface area (Å²) < 4.78 is 11.2. The smallest absolute Gasteiger partial charge is 0.0679 e. The van der Waals surface area contributed by atoms with Crippen molar-refractivity contribution in [1.82, 2.24) is 4.90 Å². The fourth-order valence-corrected chi connectivity index (χ4v) is 2.52. The topological polar surface area (TPSA) is 40.5 Å². The number of hydrogen-bond donors (Lipinski definition) is 1. The van der Waals surface area contributed by atoms with Gasteiger partial charge in [0.15, 0.2) is 0 Å². The van der Waals surface area contributed by atoms with Gasteiger partial charge in [0, 0.05) is 41.6 Å². The van der Waals surface area contributed by atoms with E-state index in [4.69, 9.17) is 0 Å². The van der Waals surface area contributed by atoms with Crippen molar-refractivity contribution in [3.63, 3.8) is 0 Å². The van der Waals surface area contributed by atoms with Gasteiger partial charge in [-0.2, -0.15) is 0 Å². The molecule has 1 aromatic carbocycles. The Morgan fingerprint density at radius 2 is 2.12 bits per heavy atom. The van der Waals surface area contributed by atoms with Crippen LogP contribution in [0, 0.1) is 0 Å². The van der Waals surface area contributed by atoms with Gasteiger partial charge >= 0.3 is 0 Å². The van der Waals surface area contributed by atoms with Crippen LogP contribution in [0.1, 0.15) is 12.0 Å². The lowest BCUT2D eigenvalue weighted by Crippen LogP contribution is -2.21. The first-order chi connectivity index (χ1) is 7.65. The number of β-amino-alcohol motifs (C(OH)–C–C–N with tert-alkyl or cyclic N) is 1. The molecule has 3 nitrogen and oxygen atoms in total.